The molecule has 6 heteroatoms. The molecule has 1 aliphatic carbocycles. The monoisotopic (exact) mass is 247 g/mol. The summed E-state index contributed by atoms with van der Waals surface area (Å²) in [7, 11) is 0. The second-order valence-corrected chi connectivity index (χ2v) is 3.99. The third-order valence-electron chi connectivity index (χ3n) is 2.00. The zero-order valence-electron chi connectivity index (χ0n) is 8.27. The van der Waals surface area contributed by atoms with Crippen LogP contribution in [0.15, 0.2) is 35.2 Å². The predicted molar refractivity (Wildman–Crippen MR) is 57.2 cm³/mol. The molecule has 1 saturated carbocycles. The standard InChI is InChI=1S/C6H7NS.C4H4F2O2/c7-8-6-4-2-1-3-5-6;5-4(6)1-2(4)3(7)8/h1-5H,7H2;2H,1H2,(H,7,8). The third kappa shape index (κ3) is 3.79. The molecule has 16 heavy (non-hydrogen) atoms. The van der Waals surface area contributed by atoms with E-state index in [-0.39, 0.29) is 0 Å². The summed E-state index contributed by atoms with van der Waals surface area (Å²) in [6.45, 7) is 0. The van der Waals surface area contributed by atoms with E-state index in [1.807, 2.05) is 30.3 Å². The molecule has 0 amide bonds. The SMILES string of the molecule is NSc1ccccc1.O=C(O)C1CC1(F)F. The number of carboxylic acids is 1. The van der Waals surface area contributed by atoms with Crippen LogP contribution in [0, 0.1) is 5.92 Å². The van der Waals surface area contributed by atoms with Crippen LogP contribution in [0.4, 0.5) is 8.78 Å². The molecular weight excluding hydrogens is 236 g/mol. The van der Waals surface area contributed by atoms with Crippen LogP contribution in [0.2, 0.25) is 0 Å². The van der Waals surface area contributed by atoms with Gasteiger partial charge in [0.25, 0.3) is 5.92 Å². The van der Waals surface area contributed by atoms with E-state index in [4.69, 9.17) is 10.2 Å². The largest absolute Gasteiger partial charge is 0.481 e. The van der Waals surface area contributed by atoms with Crippen molar-refractivity contribution in [1.82, 2.24) is 0 Å². The van der Waals surface area contributed by atoms with Gasteiger partial charge in [-0.25, -0.2) is 8.78 Å². The summed E-state index contributed by atoms with van der Waals surface area (Å²) in [6.07, 6.45) is -0.484. The first-order valence-electron chi connectivity index (χ1n) is 4.50. The molecule has 1 aromatic rings. The van der Waals surface area contributed by atoms with Gasteiger partial charge in [-0.3, -0.25) is 9.93 Å². The van der Waals surface area contributed by atoms with Crippen LogP contribution in [0.5, 0.6) is 0 Å². The molecule has 0 saturated heterocycles. The summed E-state index contributed by atoms with van der Waals surface area (Å²) in [6, 6.07) is 9.86. The molecule has 1 fully saturated rings. The highest BCUT2D eigenvalue weighted by molar-refractivity contribution is 7.97. The van der Waals surface area contributed by atoms with E-state index in [0.717, 1.165) is 4.90 Å². The second kappa shape index (κ2) is 5.27. The molecule has 0 aromatic heterocycles. The van der Waals surface area contributed by atoms with Crippen molar-refractivity contribution in [3.05, 3.63) is 30.3 Å². The number of carbonyl (C=O) groups is 1. The van der Waals surface area contributed by atoms with Crippen LogP contribution in [0.25, 0.3) is 0 Å². The van der Waals surface area contributed by atoms with Gasteiger partial charge in [0.1, 0.15) is 5.92 Å². The topological polar surface area (TPSA) is 63.3 Å². The molecule has 1 aliphatic rings. The summed E-state index contributed by atoms with van der Waals surface area (Å²) in [5.74, 6) is -5.70. The van der Waals surface area contributed by atoms with Crippen molar-refractivity contribution < 1.29 is 18.7 Å². The number of alkyl halides is 2. The number of hydrogen-bond acceptors (Lipinski definition) is 3. The molecular formula is C10H11F2NO2S. The summed E-state index contributed by atoms with van der Waals surface area (Å²) in [5.41, 5.74) is 0. The van der Waals surface area contributed by atoms with E-state index in [2.05, 4.69) is 0 Å². The number of hydrogen-bond donors (Lipinski definition) is 2. The fourth-order valence-electron chi connectivity index (χ4n) is 0.980. The molecule has 0 heterocycles. The smallest absolute Gasteiger partial charge is 0.312 e. The lowest BCUT2D eigenvalue weighted by Gasteiger charge is -1.88. The lowest BCUT2D eigenvalue weighted by molar-refractivity contribution is -0.140. The Labute approximate surface area is 95.8 Å². The van der Waals surface area contributed by atoms with Crippen molar-refractivity contribution in [1.29, 1.82) is 0 Å². The van der Waals surface area contributed by atoms with Gasteiger partial charge in [0.15, 0.2) is 0 Å². The van der Waals surface area contributed by atoms with Gasteiger partial charge in [-0.1, -0.05) is 18.2 Å². The normalized spacial score (nSPS) is 20.6. The van der Waals surface area contributed by atoms with Gasteiger partial charge >= 0.3 is 5.97 Å². The van der Waals surface area contributed by atoms with Crippen molar-refractivity contribution in [3.8, 4) is 0 Å². The van der Waals surface area contributed by atoms with Gasteiger partial charge in [-0.15, -0.1) is 0 Å². The number of aliphatic carboxylic acids is 1. The molecule has 0 aliphatic heterocycles. The Kier molecular flexibility index (Phi) is 4.26. The quantitative estimate of drug-likeness (QED) is 0.787. The Morgan fingerprint density at radius 1 is 1.44 bits per heavy atom. The fraction of sp³-hybridized carbons (Fsp3) is 0.300. The maximum atomic E-state index is 11.7. The second-order valence-electron chi connectivity index (χ2n) is 3.29. The van der Waals surface area contributed by atoms with Crippen molar-refractivity contribution >= 4 is 17.9 Å². The van der Waals surface area contributed by atoms with Crippen LogP contribution >= 0.6 is 11.9 Å². The van der Waals surface area contributed by atoms with Gasteiger partial charge in [0, 0.05) is 11.3 Å². The predicted octanol–water partition coefficient (Wildman–Crippen LogP) is 2.38. The zero-order chi connectivity index (χ0) is 12.2. The van der Waals surface area contributed by atoms with Crippen LogP contribution < -0.4 is 5.14 Å². The summed E-state index contributed by atoms with van der Waals surface area (Å²) < 4.78 is 23.3. The Morgan fingerprint density at radius 2 is 1.94 bits per heavy atom. The minimum Gasteiger partial charge on any atom is -0.481 e. The molecule has 0 spiro atoms. The first-order valence-corrected chi connectivity index (χ1v) is 5.38. The number of nitrogens with two attached hydrogens (primary N) is 1. The highest BCUT2D eigenvalue weighted by Gasteiger charge is 2.61. The maximum absolute atomic E-state index is 11.7. The van der Waals surface area contributed by atoms with Gasteiger partial charge in [-0.2, -0.15) is 0 Å². The molecule has 3 N–H and O–H groups in total. The summed E-state index contributed by atoms with van der Waals surface area (Å²) in [4.78, 5) is 10.8. The molecule has 88 valence electrons. The summed E-state index contributed by atoms with van der Waals surface area (Å²) in [5, 5.41) is 13.2. The molecule has 2 rings (SSSR count). The van der Waals surface area contributed by atoms with Gasteiger partial charge in [0.05, 0.1) is 0 Å². The van der Waals surface area contributed by atoms with Crippen molar-refractivity contribution in [2.45, 2.75) is 17.2 Å². The van der Waals surface area contributed by atoms with Gasteiger partial charge in [-0.05, 0) is 24.1 Å². The average molecular weight is 247 g/mol. The van der Waals surface area contributed by atoms with Crippen LogP contribution in [-0.4, -0.2) is 17.0 Å². The van der Waals surface area contributed by atoms with E-state index in [9.17, 15) is 13.6 Å². The van der Waals surface area contributed by atoms with E-state index in [0.29, 0.717) is 0 Å². The van der Waals surface area contributed by atoms with Crippen molar-refractivity contribution in [3.63, 3.8) is 0 Å². The minimum atomic E-state index is -2.91. The van der Waals surface area contributed by atoms with E-state index < -0.39 is 24.2 Å². The highest BCUT2D eigenvalue weighted by Crippen LogP contribution is 2.48. The molecule has 0 radical (unpaired) electrons. The summed E-state index contributed by atoms with van der Waals surface area (Å²) >= 11 is 1.27. The zero-order valence-corrected chi connectivity index (χ0v) is 9.08. The lowest BCUT2D eigenvalue weighted by atomic mass is 10.4. The molecule has 1 unspecified atom stereocenters. The molecule has 1 aromatic carbocycles. The number of rotatable bonds is 2. The van der Waals surface area contributed by atoms with Gasteiger partial charge in [0.2, 0.25) is 0 Å². The third-order valence-corrected chi connectivity index (χ3v) is 2.55. The molecule has 1 atom stereocenters. The maximum Gasteiger partial charge on any atom is 0.312 e. The highest BCUT2D eigenvalue weighted by atomic mass is 32.2. The Bertz CT molecular complexity index is 359. The van der Waals surface area contributed by atoms with Crippen LogP contribution in [0.3, 0.4) is 0 Å². The van der Waals surface area contributed by atoms with E-state index >= 15 is 0 Å². The van der Waals surface area contributed by atoms with Crippen LogP contribution in [-0.2, 0) is 4.79 Å². The Morgan fingerprint density at radius 3 is 2.12 bits per heavy atom. The number of carboxylic acid groups (broad SMARTS) is 1. The van der Waals surface area contributed by atoms with E-state index in [1.165, 1.54) is 11.9 Å². The number of halogens is 2. The van der Waals surface area contributed by atoms with Crippen molar-refractivity contribution in [2.75, 3.05) is 0 Å². The van der Waals surface area contributed by atoms with Gasteiger partial charge < -0.3 is 5.11 Å². The molecule has 0 bridgehead atoms. The average Bonchev–Trinajstić information content (AvgIpc) is 2.90. The van der Waals surface area contributed by atoms with Crippen molar-refractivity contribution in [2.24, 2.45) is 11.1 Å². The van der Waals surface area contributed by atoms with Crippen LogP contribution in [0.1, 0.15) is 6.42 Å². The van der Waals surface area contributed by atoms with E-state index in [1.54, 1.807) is 0 Å². The number of benzene rings is 1. The first kappa shape index (κ1) is 12.9. The Hall–Kier alpha value is -1.14. The lowest BCUT2D eigenvalue weighted by Crippen LogP contribution is -2.04. The minimum absolute atomic E-state index is 0.484. The molecule has 3 nitrogen and oxygen atoms in total. The first-order chi connectivity index (χ1) is 7.47. The Balaban J connectivity index is 0.000000160. The fourth-order valence-corrected chi connectivity index (χ4v) is 1.29.